The predicted octanol–water partition coefficient (Wildman–Crippen LogP) is 2.78. The Labute approximate surface area is 114 Å². The molecular weight excluding hydrogens is 276 g/mol. The van der Waals surface area contributed by atoms with Gasteiger partial charge in [0.2, 0.25) is 0 Å². The molecule has 0 aliphatic carbocycles. The van der Waals surface area contributed by atoms with Gasteiger partial charge in [0, 0.05) is 19.3 Å². The Balaban J connectivity index is 2.15. The number of nitrogens with two attached hydrogens (primary N) is 1. The van der Waals surface area contributed by atoms with E-state index < -0.39 is 23.6 Å². The molecule has 1 aromatic rings. The average molecular weight is 292 g/mol. The van der Waals surface area contributed by atoms with Crippen LogP contribution in [-0.4, -0.2) is 13.2 Å². The van der Waals surface area contributed by atoms with Gasteiger partial charge in [-0.05, 0) is 36.5 Å². The third-order valence-corrected chi connectivity index (χ3v) is 3.50. The minimum atomic E-state index is -4.69. The standard InChI is InChI=1S/C13H16F4N2O/c14-11-6-9(1-2-10(11)13(15,16)17)12(19-18)5-8-3-4-20-7-8/h1-2,6,8,12,19H,3-5,7,18H2. The van der Waals surface area contributed by atoms with E-state index in [1.165, 1.54) is 6.07 Å². The molecule has 1 aromatic carbocycles. The monoisotopic (exact) mass is 292 g/mol. The molecule has 3 nitrogen and oxygen atoms in total. The van der Waals surface area contributed by atoms with Crippen molar-refractivity contribution in [2.75, 3.05) is 13.2 Å². The Morgan fingerprint density at radius 1 is 1.40 bits per heavy atom. The maximum atomic E-state index is 13.5. The molecule has 2 unspecified atom stereocenters. The topological polar surface area (TPSA) is 47.3 Å². The number of hydrogen-bond donors (Lipinski definition) is 2. The van der Waals surface area contributed by atoms with Crippen molar-refractivity contribution in [3.8, 4) is 0 Å². The van der Waals surface area contributed by atoms with E-state index in [-0.39, 0.29) is 5.92 Å². The van der Waals surface area contributed by atoms with Gasteiger partial charge >= 0.3 is 6.18 Å². The Bertz CT molecular complexity index is 458. The molecule has 0 radical (unpaired) electrons. The second-order valence-electron chi connectivity index (χ2n) is 4.92. The molecule has 0 spiro atoms. The molecule has 2 rings (SSSR count). The number of alkyl halides is 3. The van der Waals surface area contributed by atoms with Crippen molar-refractivity contribution < 1.29 is 22.3 Å². The lowest BCUT2D eigenvalue weighted by molar-refractivity contribution is -0.140. The van der Waals surface area contributed by atoms with Gasteiger partial charge in [0.05, 0.1) is 5.56 Å². The normalized spacial score (nSPS) is 21.1. The summed E-state index contributed by atoms with van der Waals surface area (Å²) in [5.74, 6) is 4.42. The van der Waals surface area contributed by atoms with E-state index in [1.54, 1.807) is 0 Å². The Kier molecular flexibility index (Phi) is 4.62. The third kappa shape index (κ3) is 3.47. The number of hydrazine groups is 1. The highest BCUT2D eigenvalue weighted by molar-refractivity contribution is 5.28. The van der Waals surface area contributed by atoms with Gasteiger partial charge in [0.1, 0.15) is 5.82 Å². The van der Waals surface area contributed by atoms with Crippen molar-refractivity contribution in [2.24, 2.45) is 11.8 Å². The fourth-order valence-corrected chi connectivity index (χ4v) is 2.38. The molecule has 2 atom stereocenters. The molecule has 1 aliphatic rings. The largest absolute Gasteiger partial charge is 0.419 e. The summed E-state index contributed by atoms with van der Waals surface area (Å²) in [6.07, 6.45) is -3.21. The van der Waals surface area contributed by atoms with Gasteiger partial charge in [-0.15, -0.1) is 0 Å². The van der Waals surface area contributed by atoms with Crippen LogP contribution in [-0.2, 0) is 10.9 Å². The number of hydrogen-bond acceptors (Lipinski definition) is 3. The van der Waals surface area contributed by atoms with Crippen LogP contribution in [0.25, 0.3) is 0 Å². The molecule has 0 amide bonds. The first-order chi connectivity index (χ1) is 9.41. The fourth-order valence-electron chi connectivity index (χ4n) is 2.38. The van der Waals surface area contributed by atoms with E-state index >= 15 is 0 Å². The van der Waals surface area contributed by atoms with Crippen LogP contribution in [0.4, 0.5) is 17.6 Å². The minimum absolute atomic E-state index is 0.279. The van der Waals surface area contributed by atoms with E-state index in [2.05, 4.69) is 5.43 Å². The van der Waals surface area contributed by atoms with E-state index in [0.29, 0.717) is 25.2 Å². The van der Waals surface area contributed by atoms with Crippen LogP contribution in [0.5, 0.6) is 0 Å². The van der Waals surface area contributed by atoms with Crippen LogP contribution in [0, 0.1) is 11.7 Å². The van der Waals surface area contributed by atoms with Crippen molar-refractivity contribution in [1.82, 2.24) is 5.43 Å². The molecule has 20 heavy (non-hydrogen) atoms. The number of nitrogens with one attached hydrogen (secondary N) is 1. The van der Waals surface area contributed by atoms with Crippen molar-refractivity contribution in [1.29, 1.82) is 0 Å². The summed E-state index contributed by atoms with van der Waals surface area (Å²) < 4.78 is 56.3. The van der Waals surface area contributed by atoms with Gasteiger partial charge < -0.3 is 4.74 Å². The number of halogens is 4. The summed E-state index contributed by atoms with van der Waals surface area (Å²) in [7, 11) is 0. The van der Waals surface area contributed by atoms with Gasteiger partial charge in [0.15, 0.2) is 0 Å². The van der Waals surface area contributed by atoms with E-state index in [1.807, 2.05) is 0 Å². The summed E-state index contributed by atoms with van der Waals surface area (Å²) >= 11 is 0. The number of benzene rings is 1. The minimum Gasteiger partial charge on any atom is -0.381 e. The molecule has 1 heterocycles. The maximum absolute atomic E-state index is 13.5. The van der Waals surface area contributed by atoms with Crippen molar-refractivity contribution in [3.63, 3.8) is 0 Å². The molecule has 1 saturated heterocycles. The molecule has 0 bridgehead atoms. The number of ether oxygens (including phenoxy) is 1. The zero-order valence-electron chi connectivity index (χ0n) is 10.7. The Morgan fingerprint density at radius 2 is 2.15 bits per heavy atom. The Morgan fingerprint density at radius 3 is 2.65 bits per heavy atom. The SMILES string of the molecule is NNC(CC1CCOC1)c1ccc(C(F)(F)F)c(F)c1. The van der Waals surface area contributed by atoms with Crippen molar-refractivity contribution >= 4 is 0 Å². The van der Waals surface area contributed by atoms with Gasteiger partial charge in [-0.3, -0.25) is 11.3 Å². The molecule has 0 saturated carbocycles. The molecule has 7 heteroatoms. The predicted molar refractivity (Wildman–Crippen MR) is 65.0 cm³/mol. The summed E-state index contributed by atoms with van der Waals surface area (Å²) in [5.41, 5.74) is 1.67. The molecule has 3 N–H and O–H groups in total. The van der Waals surface area contributed by atoms with Crippen molar-refractivity contribution in [2.45, 2.75) is 25.1 Å². The lowest BCUT2D eigenvalue weighted by atomic mass is 9.94. The van der Waals surface area contributed by atoms with Crippen LogP contribution in [0.15, 0.2) is 18.2 Å². The molecule has 112 valence electrons. The molecule has 0 aromatic heterocycles. The molecular formula is C13H16F4N2O. The van der Waals surface area contributed by atoms with Gasteiger partial charge in [0.25, 0.3) is 0 Å². The second kappa shape index (κ2) is 6.07. The zero-order valence-corrected chi connectivity index (χ0v) is 10.7. The summed E-state index contributed by atoms with van der Waals surface area (Å²) in [6, 6.07) is 2.51. The van der Waals surface area contributed by atoms with E-state index in [0.717, 1.165) is 18.6 Å². The first-order valence-corrected chi connectivity index (χ1v) is 6.32. The highest BCUT2D eigenvalue weighted by atomic mass is 19.4. The van der Waals surface area contributed by atoms with Crippen LogP contribution in [0.3, 0.4) is 0 Å². The number of rotatable bonds is 4. The Hall–Kier alpha value is -1.18. The van der Waals surface area contributed by atoms with Crippen LogP contribution < -0.4 is 11.3 Å². The highest BCUT2D eigenvalue weighted by Gasteiger charge is 2.34. The average Bonchev–Trinajstić information content (AvgIpc) is 2.87. The van der Waals surface area contributed by atoms with Crippen LogP contribution >= 0.6 is 0 Å². The third-order valence-electron chi connectivity index (χ3n) is 3.50. The smallest absolute Gasteiger partial charge is 0.381 e. The first-order valence-electron chi connectivity index (χ1n) is 6.32. The lowest BCUT2D eigenvalue weighted by Gasteiger charge is -2.20. The summed E-state index contributed by atoms with van der Waals surface area (Å²) in [5, 5.41) is 0. The summed E-state index contributed by atoms with van der Waals surface area (Å²) in [6.45, 7) is 1.27. The molecule has 1 aliphatic heterocycles. The van der Waals surface area contributed by atoms with Gasteiger partial charge in [-0.1, -0.05) is 6.07 Å². The zero-order chi connectivity index (χ0) is 14.8. The summed E-state index contributed by atoms with van der Waals surface area (Å²) in [4.78, 5) is 0. The van der Waals surface area contributed by atoms with Crippen LogP contribution in [0.1, 0.15) is 30.0 Å². The van der Waals surface area contributed by atoms with E-state index in [9.17, 15) is 17.6 Å². The lowest BCUT2D eigenvalue weighted by Crippen LogP contribution is -2.30. The molecule has 1 fully saturated rings. The van der Waals surface area contributed by atoms with E-state index in [4.69, 9.17) is 10.6 Å². The fraction of sp³-hybridized carbons (Fsp3) is 0.538. The van der Waals surface area contributed by atoms with Crippen molar-refractivity contribution in [3.05, 3.63) is 35.1 Å². The second-order valence-corrected chi connectivity index (χ2v) is 4.92. The van der Waals surface area contributed by atoms with Gasteiger partial charge in [-0.25, -0.2) is 4.39 Å². The maximum Gasteiger partial charge on any atom is 0.419 e. The highest BCUT2D eigenvalue weighted by Crippen LogP contribution is 2.33. The van der Waals surface area contributed by atoms with Crippen LogP contribution in [0.2, 0.25) is 0 Å². The first kappa shape index (κ1) is 15.2. The van der Waals surface area contributed by atoms with Gasteiger partial charge in [-0.2, -0.15) is 13.2 Å². The quantitative estimate of drug-likeness (QED) is 0.509.